The first-order valence-electron chi connectivity index (χ1n) is 7.71. The third-order valence-electron chi connectivity index (χ3n) is 4.11. The Bertz CT molecular complexity index is 461. The molecule has 0 spiro atoms. The second kappa shape index (κ2) is 6.58. The fourth-order valence-corrected chi connectivity index (χ4v) is 2.78. The zero-order chi connectivity index (χ0) is 15.5. The number of benzene rings is 1. The van der Waals surface area contributed by atoms with E-state index in [0.29, 0.717) is 6.54 Å². The van der Waals surface area contributed by atoms with Crippen molar-refractivity contribution in [3.63, 3.8) is 0 Å². The van der Waals surface area contributed by atoms with Gasteiger partial charge < -0.3 is 10.0 Å². The predicted molar refractivity (Wildman–Crippen MR) is 85.4 cm³/mol. The fourth-order valence-electron chi connectivity index (χ4n) is 2.78. The van der Waals surface area contributed by atoms with Crippen molar-refractivity contribution in [2.75, 3.05) is 24.5 Å². The lowest BCUT2D eigenvalue weighted by Crippen LogP contribution is -2.48. The van der Waals surface area contributed by atoms with Crippen LogP contribution in [0.5, 0.6) is 0 Å². The maximum Gasteiger partial charge on any atom is 0.241 e. The molecule has 1 aromatic rings. The number of hydrogen-bond donors (Lipinski definition) is 1. The Hall–Kier alpha value is -1.39. The standard InChI is InChI=1S/C17H26N2O2/c1-14(2)19(15-7-5-4-6-8-15)16(20)13-18-11-9-17(3,21)10-12-18/h4-8,14,21H,9-13H2,1-3H3. The van der Waals surface area contributed by atoms with Crippen molar-refractivity contribution < 1.29 is 9.90 Å². The molecule has 116 valence electrons. The fraction of sp³-hybridized carbons (Fsp3) is 0.588. The maximum atomic E-state index is 12.6. The highest BCUT2D eigenvalue weighted by molar-refractivity contribution is 5.95. The van der Waals surface area contributed by atoms with Gasteiger partial charge in [0.05, 0.1) is 12.1 Å². The molecule has 0 saturated carbocycles. The smallest absolute Gasteiger partial charge is 0.241 e. The number of rotatable bonds is 4. The Labute approximate surface area is 127 Å². The number of carbonyl (C=O) groups excluding carboxylic acids is 1. The summed E-state index contributed by atoms with van der Waals surface area (Å²) in [6, 6.07) is 9.94. The average molecular weight is 290 g/mol. The molecule has 1 heterocycles. The summed E-state index contributed by atoms with van der Waals surface area (Å²) >= 11 is 0. The first-order chi connectivity index (χ1) is 9.89. The van der Waals surface area contributed by atoms with Gasteiger partial charge in [0.25, 0.3) is 0 Å². The number of anilines is 1. The zero-order valence-corrected chi connectivity index (χ0v) is 13.2. The number of nitrogens with zero attached hydrogens (tertiary/aromatic N) is 2. The van der Waals surface area contributed by atoms with Gasteiger partial charge in [0, 0.05) is 24.8 Å². The molecule has 1 N–H and O–H groups in total. The van der Waals surface area contributed by atoms with Crippen LogP contribution in [0.3, 0.4) is 0 Å². The lowest BCUT2D eigenvalue weighted by atomic mass is 9.94. The van der Waals surface area contributed by atoms with Crippen LogP contribution in [0.15, 0.2) is 30.3 Å². The Balaban J connectivity index is 2.00. The molecule has 1 aliphatic rings. The third-order valence-corrected chi connectivity index (χ3v) is 4.11. The summed E-state index contributed by atoms with van der Waals surface area (Å²) in [6.07, 6.45) is 1.46. The van der Waals surface area contributed by atoms with Gasteiger partial charge >= 0.3 is 0 Å². The van der Waals surface area contributed by atoms with Gasteiger partial charge in [-0.05, 0) is 45.7 Å². The van der Waals surface area contributed by atoms with E-state index in [1.54, 1.807) is 0 Å². The van der Waals surface area contributed by atoms with Crippen molar-refractivity contribution in [3.8, 4) is 0 Å². The van der Waals surface area contributed by atoms with Gasteiger partial charge in [0.15, 0.2) is 0 Å². The number of amides is 1. The number of hydrogen-bond acceptors (Lipinski definition) is 3. The van der Waals surface area contributed by atoms with Gasteiger partial charge in [-0.15, -0.1) is 0 Å². The highest BCUT2D eigenvalue weighted by Crippen LogP contribution is 2.22. The van der Waals surface area contributed by atoms with Gasteiger partial charge in [-0.25, -0.2) is 0 Å². The lowest BCUT2D eigenvalue weighted by Gasteiger charge is -2.37. The molecule has 0 aromatic heterocycles. The molecule has 0 unspecified atom stereocenters. The van der Waals surface area contributed by atoms with Crippen LogP contribution in [0, 0.1) is 0 Å². The third kappa shape index (κ3) is 4.29. The minimum absolute atomic E-state index is 0.123. The molecule has 1 fully saturated rings. The number of aliphatic hydroxyl groups is 1. The topological polar surface area (TPSA) is 43.8 Å². The van der Waals surface area contributed by atoms with Crippen LogP contribution in [-0.2, 0) is 4.79 Å². The van der Waals surface area contributed by atoms with Crippen LogP contribution in [0.25, 0.3) is 0 Å². The van der Waals surface area contributed by atoms with Crippen LogP contribution in [0.2, 0.25) is 0 Å². The predicted octanol–water partition coefficient (Wildman–Crippen LogP) is 2.27. The van der Waals surface area contributed by atoms with Gasteiger partial charge in [-0.3, -0.25) is 9.69 Å². The average Bonchev–Trinajstić information content (AvgIpc) is 2.42. The number of para-hydroxylation sites is 1. The number of piperidine rings is 1. The molecular formula is C17H26N2O2. The summed E-state index contributed by atoms with van der Waals surface area (Å²) in [5.41, 5.74) is 0.373. The summed E-state index contributed by atoms with van der Waals surface area (Å²) in [5, 5.41) is 9.98. The van der Waals surface area contributed by atoms with E-state index in [4.69, 9.17) is 0 Å². The van der Waals surface area contributed by atoms with Crippen LogP contribution >= 0.6 is 0 Å². The molecular weight excluding hydrogens is 264 g/mol. The van der Waals surface area contributed by atoms with Crippen molar-refractivity contribution in [1.29, 1.82) is 0 Å². The van der Waals surface area contributed by atoms with Crippen LogP contribution in [-0.4, -0.2) is 47.2 Å². The van der Waals surface area contributed by atoms with E-state index in [2.05, 4.69) is 4.90 Å². The summed E-state index contributed by atoms with van der Waals surface area (Å²) in [5.74, 6) is 0.123. The molecule has 0 atom stereocenters. The van der Waals surface area contributed by atoms with Gasteiger partial charge in [0.2, 0.25) is 5.91 Å². The molecule has 4 heteroatoms. The first kappa shape index (κ1) is 16.0. The molecule has 4 nitrogen and oxygen atoms in total. The van der Waals surface area contributed by atoms with Crippen molar-refractivity contribution in [2.45, 2.75) is 45.3 Å². The monoisotopic (exact) mass is 290 g/mol. The van der Waals surface area contributed by atoms with E-state index in [1.807, 2.05) is 56.0 Å². The molecule has 0 radical (unpaired) electrons. The van der Waals surface area contributed by atoms with Crippen molar-refractivity contribution in [1.82, 2.24) is 4.90 Å². The molecule has 0 bridgehead atoms. The quantitative estimate of drug-likeness (QED) is 0.925. The Morgan fingerprint density at radius 2 is 1.86 bits per heavy atom. The summed E-state index contributed by atoms with van der Waals surface area (Å²) in [4.78, 5) is 16.6. The van der Waals surface area contributed by atoms with Gasteiger partial charge in [0.1, 0.15) is 0 Å². The second-order valence-corrected chi connectivity index (χ2v) is 6.47. The summed E-state index contributed by atoms with van der Waals surface area (Å²) in [7, 11) is 0. The van der Waals surface area contributed by atoms with E-state index >= 15 is 0 Å². The minimum atomic E-state index is -0.573. The van der Waals surface area contributed by atoms with Crippen LogP contribution in [0.4, 0.5) is 5.69 Å². The first-order valence-corrected chi connectivity index (χ1v) is 7.71. The summed E-state index contributed by atoms with van der Waals surface area (Å²) < 4.78 is 0. The van der Waals surface area contributed by atoms with E-state index in [-0.39, 0.29) is 11.9 Å². The van der Waals surface area contributed by atoms with E-state index in [0.717, 1.165) is 31.6 Å². The largest absolute Gasteiger partial charge is 0.390 e. The zero-order valence-electron chi connectivity index (χ0n) is 13.2. The molecule has 1 saturated heterocycles. The Kier molecular flexibility index (Phi) is 5.01. The molecule has 21 heavy (non-hydrogen) atoms. The Morgan fingerprint density at radius 1 is 1.29 bits per heavy atom. The molecule has 1 aromatic carbocycles. The van der Waals surface area contributed by atoms with Crippen LogP contribution in [0.1, 0.15) is 33.6 Å². The lowest BCUT2D eigenvalue weighted by molar-refractivity contribution is -0.121. The van der Waals surface area contributed by atoms with E-state index < -0.39 is 5.60 Å². The van der Waals surface area contributed by atoms with E-state index in [9.17, 15) is 9.90 Å². The highest BCUT2D eigenvalue weighted by Gasteiger charge is 2.29. The molecule has 0 aliphatic carbocycles. The van der Waals surface area contributed by atoms with Gasteiger partial charge in [-0.2, -0.15) is 0 Å². The minimum Gasteiger partial charge on any atom is -0.390 e. The van der Waals surface area contributed by atoms with E-state index in [1.165, 1.54) is 0 Å². The van der Waals surface area contributed by atoms with Crippen molar-refractivity contribution >= 4 is 11.6 Å². The van der Waals surface area contributed by atoms with Crippen LogP contribution < -0.4 is 4.90 Å². The van der Waals surface area contributed by atoms with Crippen molar-refractivity contribution in [2.24, 2.45) is 0 Å². The molecule has 1 aliphatic heterocycles. The second-order valence-electron chi connectivity index (χ2n) is 6.47. The van der Waals surface area contributed by atoms with Gasteiger partial charge in [-0.1, -0.05) is 18.2 Å². The Morgan fingerprint density at radius 3 is 2.38 bits per heavy atom. The SMILES string of the molecule is CC(C)N(C(=O)CN1CCC(C)(O)CC1)c1ccccc1. The van der Waals surface area contributed by atoms with Crippen molar-refractivity contribution in [3.05, 3.63) is 30.3 Å². The molecule has 1 amide bonds. The number of carbonyl (C=O) groups is 1. The summed E-state index contributed by atoms with van der Waals surface area (Å²) in [6.45, 7) is 7.91. The highest BCUT2D eigenvalue weighted by atomic mass is 16.3. The normalized spacial score (nSPS) is 18.7. The number of likely N-dealkylation sites (tertiary alicyclic amines) is 1. The molecule has 2 rings (SSSR count). The maximum absolute atomic E-state index is 12.6.